The number of nitrogens with zero attached hydrogens (tertiary/aromatic N) is 1. The van der Waals surface area contributed by atoms with Gasteiger partial charge >= 0.3 is 0 Å². The molecule has 2 rings (SSSR count). The van der Waals surface area contributed by atoms with Crippen molar-refractivity contribution >= 4 is 11.0 Å². The average Bonchev–Trinajstić information content (AvgIpc) is 2.30. The Balaban J connectivity index is 2.31. The summed E-state index contributed by atoms with van der Waals surface area (Å²) in [5.41, 5.74) is 1.75. The summed E-state index contributed by atoms with van der Waals surface area (Å²) in [5, 5.41) is 0.668. The number of aromatic nitrogens is 2. The van der Waals surface area contributed by atoms with Gasteiger partial charge in [-0.25, -0.2) is 4.98 Å². The van der Waals surface area contributed by atoms with Crippen LogP contribution in [-0.2, 0) is 6.42 Å². The molecule has 2 heterocycles. The van der Waals surface area contributed by atoms with Crippen LogP contribution in [-0.4, -0.2) is 9.97 Å². The zero-order valence-electron chi connectivity index (χ0n) is 9.49. The zero-order chi connectivity index (χ0) is 11.4. The molecule has 0 aromatic carbocycles. The van der Waals surface area contributed by atoms with Crippen LogP contribution in [0.15, 0.2) is 29.2 Å². The van der Waals surface area contributed by atoms with E-state index in [1.165, 1.54) is 12.8 Å². The van der Waals surface area contributed by atoms with Gasteiger partial charge in [0.05, 0.1) is 5.39 Å². The van der Waals surface area contributed by atoms with Gasteiger partial charge in [0.25, 0.3) is 0 Å². The highest BCUT2D eigenvalue weighted by molar-refractivity contribution is 5.73. The van der Waals surface area contributed by atoms with Crippen LogP contribution >= 0.6 is 0 Å². The lowest BCUT2D eigenvalue weighted by atomic mass is 10.1. The van der Waals surface area contributed by atoms with Gasteiger partial charge in [0.1, 0.15) is 5.65 Å². The number of aromatic amines is 1. The highest BCUT2D eigenvalue weighted by Crippen LogP contribution is 2.07. The molecule has 1 N–H and O–H groups in total. The third kappa shape index (κ3) is 2.30. The lowest BCUT2D eigenvalue weighted by molar-refractivity contribution is 0.708. The van der Waals surface area contributed by atoms with Crippen LogP contribution in [0.2, 0.25) is 0 Å². The third-order valence-corrected chi connectivity index (χ3v) is 2.71. The Kier molecular flexibility index (Phi) is 3.34. The van der Waals surface area contributed by atoms with E-state index in [-0.39, 0.29) is 5.43 Å². The molecule has 0 aliphatic rings. The quantitative estimate of drug-likeness (QED) is 0.798. The summed E-state index contributed by atoms with van der Waals surface area (Å²) in [6.07, 6.45) is 6.13. The molecule has 16 heavy (non-hydrogen) atoms. The van der Waals surface area contributed by atoms with E-state index in [0.717, 1.165) is 18.5 Å². The second-order valence-electron chi connectivity index (χ2n) is 4.02. The van der Waals surface area contributed by atoms with E-state index in [0.29, 0.717) is 11.0 Å². The van der Waals surface area contributed by atoms with Crippen molar-refractivity contribution in [1.82, 2.24) is 9.97 Å². The van der Waals surface area contributed by atoms with E-state index in [9.17, 15) is 4.79 Å². The van der Waals surface area contributed by atoms with Gasteiger partial charge in [-0.15, -0.1) is 0 Å². The molecule has 3 nitrogen and oxygen atoms in total. The summed E-state index contributed by atoms with van der Waals surface area (Å²) < 4.78 is 0. The van der Waals surface area contributed by atoms with Crippen molar-refractivity contribution < 1.29 is 0 Å². The van der Waals surface area contributed by atoms with Gasteiger partial charge in [-0.05, 0) is 25.0 Å². The predicted octanol–water partition coefficient (Wildman–Crippen LogP) is 2.66. The molecule has 0 radical (unpaired) electrons. The number of rotatable bonds is 4. The van der Waals surface area contributed by atoms with Gasteiger partial charge in [0, 0.05) is 18.0 Å². The largest absolute Gasteiger partial charge is 0.343 e. The van der Waals surface area contributed by atoms with Crippen LogP contribution < -0.4 is 5.43 Å². The summed E-state index contributed by atoms with van der Waals surface area (Å²) in [7, 11) is 0. The molecule has 0 aliphatic carbocycles. The van der Waals surface area contributed by atoms with Crippen LogP contribution in [0.5, 0.6) is 0 Å². The molecular formula is C13H16N2O. The molecule has 0 atom stereocenters. The fourth-order valence-corrected chi connectivity index (χ4v) is 1.83. The fourth-order valence-electron chi connectivity index (χ4n) is 1.83. The van der Waals surface area contributed by atoms with E-state index in [4.69, 9.17) is 0 Å². The van der Waals surface area contributed by atoms with E-state index >= 15 is 0 Å². The van der Waals surface area contributed by atoms with Crippen molar-refractivity contribution in [2.24, 2.45) is 0 Å². The molecular weight excluding hydrogens is 200 g/mol. The molecule has 0 aliphatic heterocycles. The summed E-state index contributed by atoms with van der Waals surface area (Å²) in [6.45, 7) is 2.17. The molecule has 0 unspecified atom stereocenters. The standard InChI is InChI=1S/C13H16N2O/c1-2-3-4-6-10-9-12(16)11-7-5-8-14-13(11)15-10/h5,7-9H,2-4,6H2,1H3,(H,14,15,16). The van der Waals surface area contributed by atoms with Crippen molar-refractivity contribution in [3.63, 3.8) is 0 Å². The number of H-pyrrole nitrogens is 1. The van der Waals surface area contributed by atoms with E-state index in [1.807, 2.05) is 0 Å². The van der Waals surface area contributed by atoms with Crippen molar-refractivity contribution in [3.05, 3.63) is 40.3 Å². The topological polar surface area (TPSA) is 45.8 Å². The Labute approximate surface area is 94.5 Å². The van der Waals surface area contributed by atoms with Crippen LogP contribution in [0.4, 0.5) is 0 Å². The minimum absolute atomic E-state index is 0.0633. The van der Waals surface area contributed by atoms with Gasteiger partial charge in [0.2, 0.25) is 0 Å². The molecule has 0 fully saturated rings. The average molecular weight is 216 g/mol. The Morgan fingerprint density at radius 3 is 3.06 bits per heavy atom. The maximum absolute atomic E-state index is 11.8. The molecule has 0 bridgehead atoms. The van der Waals surface area contributed by atoms with Crippen molar-refractivity contribution in [1.29, 1.82) is 0 Å². The smallest absolute Gasteiger partial charge is 0.191 e. The molecule has 0 amide bonds. The Bertz CT molecular complexity index is 531. The van der Waals surface area contributed by atoms with Gasteiger partial charge in [-0.2, -0.15) is 0 Å². The molecule has 0 spiro atoms. The SMILES string of the molecule is CCCCCc1cc(=O)c2cccnc2[nH]1. The predicted molar refractivity (Wildman–Crippen MR) is 65.6 cm³/mol. The minimum atomic E-state index is 0.0633. The highest BCUT2D eigenvalue weighted by atomic mass is 16.1. The summed E-state index contributed by atoms with van der Waals surface area (Å²) in [6, 6.07) is 5.28. The normalized spacial score (nSPS) is 10.8. The first-order chi connectivity index (χ1) is 7.81. The number of hydrogen-bond acceptors (Lipinski definition) is 2. The van der Waals surface area contributed by atoms with Crippen molar-refractivity contribution in [3.8, 4) is 0 Å². The number of hydrogen-bond donors (Lipinski definition) is 1. The molecule has 2 aromatic rings. The van der Waals surface area contributed by atoms with Gasteiger partial charge in [-0.3, -0.25) is 4.79 Å². The maximum atomic E-state index is 11.8. The van der Waals surface area contributed by atoms with Crippen molar-refractivity contribution in [2.75, 3.05) is 0 Å². The Morgan fingerprint density at radius 1 is 1.38 bits per heavy atom. The van der Waals surface area contributed by atoms with Crippen LogP contribution in [0.25, 0.3) is 11.0 Å². The van der Waals surface area contributed by atoms with Crippen LogP contribution in [0.1, 0.15) is 31.9 Å². The van der Waals surface area contributed by atoms with Gasteiger partial charge < -0.3 is 4.98 Å². The first-order valence-electron chi connectivity index (χ1n) is 5.78. The minimum Gasteiger partial charge on any atom is -0.343 e. The third-order valence-electron chi connectivity index (χ3n) is 2.71. The highest BCUT2D eigenvalue weighted by Gasteiger charge is 2.01. The van der Waals surface area contributed by atoms with Crippen LogP contribution in [0, 0.1) is 0 Å². The van der Waals surface area contributed by atoms with E-state index in [2.05, 4.69) is 16.9 Å². The van der Waals surface area contributed by atoms with Gasteiger partial charge in [-0.1, -0.05) is 19.8 Å². The lowest BCUT2D eigenvalue weighted by Gasteiger charge is -2.02. The fraction of sp³-hybridized carbons (Fsp3) is 0.385. The number of nitrogens with one attached hydrogen (secondary N) is 1. The molecule has 0 saturated heterocycles. The summed E-state index contributed by atoms with van der Waals surface area (Å²) >= 11 is 0. The number of unbranched alkanes of at least 4 members (excludes halogenated alkanes) is 2. The Morgan fingerprint density at radius 2 is 2.25 bits per heavy atom. The first-order valence-corrected chi connectivity index (χ1v) is 5.78. The molecule has 2 aromatic heterocycles. The van der Waals surface area contributed by atoms with Crippen LogP contribution in [0.3, 0.4) is 0 Å². The second kappa shape index (κ2) is 4.92. The second-order valence-corrected chi connectivity index (χ2v) is 4.02. The summed E-state index contributed by atoms with van der Waals surface area (Å²) in [5.74, 6) is 0. The number of aryl methyl sites for hydroxylation is 1. The molecule has 84 valence electrons. The van der Waals surface area contributed by atoms with Crippen molar-refractivity contribution in [2.45, 2.75) is 32.6 Å². The van der Waals surface area contributed by atoms with E-state index < -0.39 is 0 Å². The zero-order valence-corrected chi connectivity index (χ0v) is 9.49. The number of fused-ring (bicyclic) bond motifs is 1. The molecule has 0 saturated carbocycles. The first kappa shape index (κ1) is 10.9. The maximum Gasteiger partial charge on any atom is 0.191 e. The lowest BCUT2D eigenvalue weighted by Crippen LogP contribution is -2.06. The Hall–Kier alpha value is -1.64. The van der Waals surface area contributed by atoms with E-state index in [1.54, 1.807) is 24.4 Å². The molecule has 3 heteroatoms. The monoisotopic (exact) mass is 216 g/mol. The number of pyridine rings is 2. The van der Waals surface area contributed by atoms with Gasteiger partial charge in [0.15, 0.2) is 5.43 Å². The summed E-state index contributed by atoms with van der Waals surface area (Å²) in [4.78, 5) is 19.2.